The fourth-order valence-corrected chi connectivity index (χ4v) is 2.15. The fraction of sp³-hybridized carbons (Fsp3) is 0.429. The molecular weight excluding hydrogens is 196 g/mol. The van der Waals surface area contributed by atoms with Gasteiger partial charge in [-0.05, 0) is 55.0 Å². The van der Waals surface area contributed by atoms with Gasteiger partial charge in [0.05, 0.1) is 0 Å². The van der Waals surface area contributed by atoms with Gasteiger partial charge in [0.15, 0.2) is 0 Å². The molecule has 1 aromatic heterocycles. The topological polar surface area (TPSA) is 30.9 Å². The minimum atomic E-state index is 0.773. The fourth-order valence-electron chi connectivity index (χ4n) is 2.15. The minimum Gasteiger partial charge on any atom is -0.347 e. The standard InChI is InChI=1S/C14H20N2/c1-2-9-16-10-7-13-11-12(4-3-8-15)5-6-14(13)16/h5-7,10-11H,2-4,8-9,15H2,1H3. The predicted molar refractivity (Wildman–Crippen MR) is 69.6 cm³/mol. The highest BCUT2D eigenvalue weighted by molar-refractivity contribution is 5.80. The van der Waals surface area contributed by atoms with Gasteiger partial charge in [0, 0.05) is 18.3 Å². The molecule has 1 heterocycles. The van der Waals surface area contributed by atoms with E-state index in [2.05, 4.69) is 42.0 Å². The first-order valence-electron chi connectivity index (χ1n) is 6.13. The van der Waals surface area contributed by atoms with Gasteiger partial charge < -0.3 is 10.3 Å². The van der Waals surface area contributed by atoms with E-state index in [-0.39, 0.29) is 0 Å². The molecule has 2 rings (SSSR count). The molecule has 2 heteroatoms. The predicted octanol–water partition coefficient (Wildman–Crippen LogP) is 2.94. The molecule has 0 atom stereocenters. The van der Waals surface area contributed by atoms with Crippen molar-refractivity contribution >= 4 is 10.9 Å². The van der Waals surface area contributed by atoms with Crippen molar-refractivity contribution in [3.05, 3.63) is 36.0 Å². The van der Waals surface area contributed by atoms with Crippen molar-refractivity contribution in [2.75, 3.05) is 6.54 Å². The van der Waals surface area contributed by atoms with E-state index < -0.39 is 0 Å². The van der Waals surface area contributed by atoms with Gasteiger partial charge in [-0.25, -0.2) is 0 Å². The molecule has 0 spiro atoms. The number of rotatable bonds is 5. The Balaban J connectivity index is 2.26. The number of aromatic nitrogens is 1. The highest BCUT2D eigenvalue weighted by Gasteiger charge is 2.01. The first kappa shape index (κ1) is 11.2. The quantitative estimate of drug-likeness (QED) is 0.818. The normalized spacial score (nSPS) is 11.1. The van der Waals surface area contributed by atoms with Crippen LogP contribution in [0.4, 0.5) is 0 Å². The van der Waals surface area contributed by atoms with Crippen LogP contribution in [-0.4, -0.2) is 11.1 Å². The van der Waals surface area contributed by atoms with E-state index >= 15 is 0 Å². The molecule has 0 aliphatic heterocycles. The second-order valence-corrected chi connectivity index (χ2v) is 4.29. The second-order valence-electron chi connectivity index (χ2n) is 4.29. The third kappa shape index (κ3) is 2.27. The lowest BCUT2D eigenvalue weighted by molar-refractivity contribution is 0.703. The molecule has 2 nitrogen and oxygen atoms in total. The van der Waals surface area contributed by atoms with Crippen LogP contribution in [-0.2, 0) is 13.0 Å². The molecule has 2 N–H and O–H groups in total. The number of aryl methyl sites for hydroxylation is 2. The first-order valence-corrected chi connectivity index (χ1v) is 6.13. The monoisotopic (exact) mass is 216 g/mol. The zero-order chi connectivity index (χ0) is 11.4. The molecule has 0 radical (unpaired) electrons. The van der Waals surface area contributed by atoms with Crippen LogP contribution in [0.2, 0.25) is 0 Å². The minimum absolute atomic E-state index is 0.773. The van der Waals surface area contributed by atoms with Gasteiger partial charge in [0.1, 0.15) is 0 Å². The third-order valence-electron chi connectivity index (χ3n) is 2.97. The molecule has 16 heavy (non-hydrogen) atoms. The summed E-state index contributed by atoms with van der Waals surface area (Å²) in [5.41, 5.74) is 8.27. The largest absolute Gasteiger partial charge is 0.347 e. The van der Waals surface area contributed by atoms with Crippen LogP contribution in [0.5, 0.6) is 0 Å². The van der Waals surface area contributed by atoms with Crippen LogP contribution >= 0.6 is 0 Å². The Morgan fingerprint density at radius 3 is 2.88 bits per heavy atom. The lowest BCUT2D eigenvalue weighted by Gasteiger charge is -2.04. The van der Waals surface area contributed by atoms with Gasteiger partial charge in [0.2, 0.25) is 0 Å². The zero-order valence-electron chi connectivity index (χ0n) is 9.95. The van der Waals surface area contributed by atoms with Gasteiger partial charge in [-0.15, -0.1) is 0 Å². The Bertz CT molecular complexity index is 457. The number of nitrogens with two attached hydrogens (primary N) is 1. The van der Waals surface area contributed by atoms with Crippen LogP contribution in [0.1, 0.15) is 25.3 Å². The van der Waals surface area contributed by atoms with Gasteiger partial charge >= 0.3 is 0 Å². The van der Waals surface area contributed by atoms with Crippen LogP contribution in [0.25, 0.3) is 10.9 Å². The van der Waals surface area contributed by atoms with Crippen LogP contribution in [0.3, 0.4) is 0 Å². The lowest BCUT2D eigenvalue weighted by atomic mass is 10.1. The summed E-state index contributed by atoms with van der Waals surface area (Å²) in [4.78, 5) is 0. The van der Waals surface area contributed by atoms with Crippen molar-refractivity contribution in [1.82, 2.24) is 4.57 Å². The van der Waals surface area contributed by atoms with E-state index in [4.69, 9.17) is 5.73 Å². The van der Waals surface area contributed by atoms with Crippen molar-refractivity contribution in [1.29, 1.82) is 0 Å². The first-order chi connectivity index (χ1) is 7.85. The zero-order valence-corrected chi connectivity index (χ0v) is 9.95. The summed E-state index contributed by atoms with van der Waals surface area (Å²) < 4.78 is 2.32. The van der Waals surface area contributed by atoms with Crippen LogP contribution < -0.4 is 5.73 Å². The summed E-state index contributed by atoms with van der Waals surface area (Å²) in [6.45, 7) is 4.09. The Morgan fingerprint density at radius 2 is 2.12 bits per heavy atom. The molecule has 0 saturated heterocycles. The van der Waals surface area contributed by atoms with E-state index in [0.29, 0.717) is 0 Å². The van der Waals surface area contributed by atoms with Crippen molar-refractivity contribution < 1.29 is 0 Å². The van der Waals surface area contributed by atoms with E-state index in [1.165, 1.54) is 22.9 Å². The van der Waals surface area contributed by atoms with E-state index in [0.717, 1.165) is 25.9 Å². The molecule has 0 aliphatic carbocycles. The summed E-state index contributed by atoms with van der Waals surface area (Å²) in [5, 5.41) is 1.35. The van der Waals surface area contributed by atoms with Crippen molar-refractivity contribution in [3.8, 4) is 0 Å². The lowest BCUT2D eigenvalue weighted by Crippen LogP contribution is -2.00. The summed E-state index contributed by atoms with van der Waals surface area (Å²) in [7, 11) is 0. The van der Waals surface area contributed by atoms with Gasteiger partial charge in [-0.1, -0.05) is 13.0 Å². The molecule has 2 aromatic rings. The highest BCUT2D eigenvalue weighted by Crippen LogP contribution is 2.18. The smallest absolute Gasteiger partial charge is 0.0480 e. The number of hydrogen-bond donors (Lipinski definition) is 1. The number of fused-ring (bicyclic) bond motifs is 1. The van der Waals surface area contributed by atoms with E-state index in [1.807, 2.05) is 0 Å². The van der Waals surface area contributed by atoms with E-state index in [1.54, 1.807) is 0 Å². The van der Waals surface area contributed by atoms with Gasteiger partial charge in [-0.3, -0.25) is 0 Å². The Hall–Kier alpha value is -1.28. The maximum absolute atomic E-state index is 5.53. The average molecular weight is 216 g/mol. The average Bonchev–Trinajstić information content (AvgIpc) is 2.70. The van der Waals surface area contributed by atoms with Crippen molar-refractivity contribution in [3.63, 3.8) is 0 Å². The van der Waals surface area contributed by atoms with Gasteiger partial charge in [0.25, 0.3) is 0 Å². The van der Waals surface area contributed by atoms with Gasteiger partial charge in [-0.2, -0.15) is 0 Å². The SMILES string of the molecule is CCCn1ccc2cc(CCCN)ccc21. The Kier molecular flexibility index (Phi) is 3.62. The molecule has 0 unspecified atom stereocenters. The molecule has 0 amide bonds. The molecule has 0 bridgehead atoms. The molecular formula is C14H20N2. The Labute approximate surface area is 97.1 Å². The number of benzene rings is 1. The van der Waals surface area contributed by atoms with Crippen molar-refractivity contribution in [2.45, 2.75) is 32.7 Å². The molecule has 0 saturated carbocycles. The van der Waals surface area contributed by atoms with Crippen LogP contribution in [0.15, 0.2) is 30.5 Å². The molecule has 1 aromatic carbocycles. The molecule has 0 fully saturated rings. The summed E-state index contributed by atoms with van der Waals surface area (Å²) in [6.07, 6.45) is 5.52. The number of hydrogen-bond acceptors (Lipinski definition) is 1. The maximum atomic E-state index is 5.53. The molecule has 86 valence electrons. The van der Waals surface area contributed by atoms with E-state index in [9.17, 15) is 0 Å². The molecule has 0 aliphatic rings. The van der Waals surface area contributed by atoms with Crippen LogP contribution in [0, 0.1) is 0 Å². The number of nitrogens with zero attached hydrogens (tertiary/aromatic N) is 1. The van der Waals surface area contributed by atoms with Crippen molar-refractivity contribution in [2.24, 2.45) is 5.73 Å². The maximum Gasteiger partial charge on any atom is 0.0480 e. The summed E-state index contributed by atoms with van der Waals surface area (Å²) >= 11 is 0. The summed E-state index contributed by atoms with van der Waals surface area (Å²) in [6, 6.07) is 8.95. The second kappa shape index (κ2) is 5.17. The third-order valence-corrected chi connectivity index (χ3v) is 2.97. The summed E-state index contributed by atoms with van der Waals surface area (Å²) in [5.74, 6) is 0. The highest BCUT2D eigenvalue weighted by atomic mass is 14.9. The Morgan fingerprint density at radius 1 is 1.25 bits per heavy atom.